The first-order valence-electron chi connectivity index (χ1n) is 5.93. The fraction of sp³-hybridized carbons (Fsp3) is 0.286. The summed E-state index contributed by atoms with van der Waals surface area (Å²) in [5.74, 6) is 1.28. The number of H-pyrrole nitrogens is 1. The molecule has 0 spiro atoms. The summed E-state index contributed by atoms with van der Waals surface area (Å²) in [7, 11) is 0. The lowest BCUT2D eigenvalue weighted by Crippen LogP contribution is -2.14. The number of aromatic amines is 1. The molecule has 0 aliphatic heterocycles. The maximum Gasteiger partial charge on any atom is 0.254 e. The topological polar surface area (TPSA) is 55.0 Å². The van der Waals surface area contributed by atoms with Crippen LogP contribution in [0.4, 0.5) is 0 Å². The molecular formula is C14H16N2O2. The number of rotatable bonds is 3. The van der Waals surface area contributed by atoms with Gasteiger partial charge in [0.15, 0.2) is 0 Å². The van der Waals surface area contributed by atoms with Crippen LogP contribution in [0.5, 0.6) is 5.75 Å². The molecule has 0 aliphatic rings. The lowest BCUT2D eigenvalue weighted by molar-refractivity contribution is 0.341. The Morgan fingerprint density at radius 1 is 1.28 bits per heavy atom. The van der Waals surface area contributed by atoms with E-state index in [2.05, 4.69) is 9.97 Å². The molecule has 2 rings (SSSR count). The third-order valence-electron chi connectivity index (χ3n) is 2.84. The van der Waals surface area contributed by atoms with E-state index in [1.54, 1.807) is 6.92 Å². The van der Waals surface area contributed by atoms with Gasteiger partial charge in [-0.05, 0) is 32.9 Å². The van der Waals surface area contributed by atoms with Gasteiger partial charge in [0.05, 0.1) is 12.2 Å². The predicted octanol–water partition coefficient (Wildman–Crippen LogP) is 2.45. The number of nitrogens with one attached hydrogen (secondary N) is 1. The van der Waals surface area contributed by atoms with Crippen LogP contribution in [0.15, 0.2) is 29.1 Å². The Morgan fingerprint density at radius 3 is 2.67 bits per heavy atom. The van der Waals surface area contributed by atoms with Gasteiger partial charge in [-0.1, -0.05) is 12.1 Å². The van der Waals surface area contributed by atoms with Crippen LogP contribution >= 0.6 is 0 Å². The zero-order valence-corrected chi connectivity index (χ0v) is 10.8. The van der Waals surface area contributed by atoms with Crippen LogP contribution in [0.3, 0.4) is 0 Å². The number of nitrogens with zero attached hydrogens (tertiary/aromatic N) is 1. The number of benzene rings is 1. The molecule has 0 fully saturated rings. The van der Waals surface area contributed by atoms with Gasteiger partial charge in [-0.15, -0.1) is 0 Å². The van der Waals surface area contributed by atoms with Crippen molar-refractivity contribution in [2.45, 2.75) is 20.8 Å². The third kappa shape index (κ3) is 2.27. The van der Waals surface area contributed by atoms with Crippen molar-refractivity contribution in [1.82, 2.24) is 9.97 Å². The quantitative estimate of drug-likeness (QED) is 0.902. The number of para-hydroxylation sites is 1. The van der Waals surface area contributed by atoms with Crippen molar-refractivity contribution in [2.75, 3.05) is 6.61 Å². The van der Waals surface area contributed by atoms with Gasteiger partial charge in [0.25, 0.3) is 5.56 Å². The van der Waals surface area contributed by atoms with E-state index in [4.69, 9.17) is 4.74 Å². The molecule has 18 heavy (non-hydrogen) atoms. The Kier molecular flexibility index (Phi) is 3.46. The lowest BCUT2D eigenvalue weighted by Gasteiger charge is -2.10. The summed E-state index contributed by atoms with van der Waals surface area (Å²) in [6, 6.07) is 7.55. The molecule has 1 heterocycles. The van der Waals surface area contributed by atoms with Crippen LogP contribution in [0, 0.1) is 13.8 Å². The second-order valence-electron chi connectivity index (χ2n) is 4.05. The average molecular weight is 244 g/mol. The highest BCUT2D eigenvalue weighted by molar-refractivity contribution is 5.64. The number of aromatic nitrogens is 2. The first-order valence-corrected chi connectivity index (χ1v) is 5.93. The number of aryl methyl sites for hydroxylation is 1. The number of hydrogen-bond acceptors (Lipinski definition) is 3. The summed E-state index contributed by atoms with van der Waals surface area (Å²) in [6.07, 6.45) is 0. The fourth-order valence-electron chi connectivity index (χ4n) is 1.72. The highest BCUT2D eigenvalue weighted by Gasteiger charge is 2.10. The standard InChI is InChI=1S/C14H16N2O2/c1-4-18-12-8-6-5-7-11(12)13-15-10(3)9(2)14(17)16-13/h5-8H,4H2,1-3H3,(H,15,16,17). The van der Waals surface area contributed by atoms with Gasteiger partial charge in [-0.2, -0.15) is 0 Å². The number of ether oxygens (including phenoxy) is 1. The van der Waals surface area contributed by atoms with E-state index in [0.29, 0.717) is 18.0 Å². The maximum atomic E-state index is 11.8. The van der Waals surface area contributed by atoms with Crippen molar-refractivity contribution >= 4 is 0 Å². The van der Waals surface area contributed by atoms with Crippen molar-refractivity contribution in [3.8, 4) is 17.1 Å². The SMILES string of the molecule is CCOc1ccccc1-c1nc(C)c(C)c(=O)[nH]1. The molecule has 1 N–H and O–H groups in total. The summed E-state index contributed by atoms with van der Waals surface area (Å²) in [5.41, 5.74) is 2.08. The van der Waals surface area contributed by atoms with Crippen LogP contribution in [0.2, 0.25) is 0 Å². The molecule has 0 saturated heterocycles. The minimum absolute atomic E-state index is 0.108. The molecule has 94 valence electrons. The van der Waals surface area contributed by atoms with Gasteiger partial charge in [0.1, 0.15) is 11.6 Å². The van der Waals surface area contributed by atoms with Gasteiger partial charge in [-0.3, -0.25) is 4.79 Å². The summed E-state index contributed by atoms with van der Waals surface area (Å²) in [6.45, 7) is 6.09. The monoisotopic (exact) mass is 244 g/mol. The second kappa shape index (κ2) is 5.04. The van der Waals surface area contributed by atoms with E-state index in [9.17, 15) is 4.79 Å². The molecule has 1 aromatic carbocycles. The summed E-state index contributed by atoms with van der Waals surface area (Å²) >= 11 is 0. The Morgan fingerprint density at radius 2 is 2.00 bits per heavy atom. The van der Waals surface area contributed by atoms with Crippen molar-refractivity contribution in [3.05, 3.63) is 45.9 Å². The van der Waals surface area contributed by atoms with Crippen LogP contribution in [-0.2, 0) is 0 Å². The molecule has 1 aromatic heterocycles. The van der Waals surface area contributed by atoms with Gasteiger partial charge in [-0.25, -0.2) is 4.98 Å². The summed E-state index contributed by atoms with van der Waals surface area (Å²) < 4.78 is 5.54. The van der Waals surface area contributed by atoms with Crippen molar-refractivity contribution in [3.63, 3.8) is 0 Å². The minimum atomic E-state index is -0.108. The Balaban J connectivity index is 2.59. The van der Waals surface area contributed by atoms with E-state index in [1.165, 1.54) is 0 Å². The highest BCUT2D eigenvalue weighted by Crippen LogP contribution is 2.26. The first-order chi connectivity index (χ1) is 8.63. The zero-order valence-electron chi connectivity index (χ0n) is 10.8. The zero-order chi connectivity index (χ0) is 13.1. The molecule has 2 aromatic rings. The molecule has 0 radical (unpaired) electrons. The maximum absolute atomic E-state index is 11.8. The normalized spacial score (nSPS) is 10.4. The molecule has 0 bridgehead atoms. The van der Waals surface area contributed by atoms with E-state index in [1.807, 2.05) is 38.1 Å². The van der Waals surface area contributed by atoms with Crippen molar-refractivity contribution in [1.29, 1.82) is 0 Å². The van der Waals surface area contributed by atoms with Crippen LogP contribution in [-0.4, -0.2) is 16.6 Å². The van der Waals surface area contributed by atoms with Crippen LogP contribution in [0.1, 0.15) is 18.2 Å². The summed E-state index contributed by atoms with van der Waals surface area (Å²) in [4.78, 5) is 19.0. The fourth-order valence-corrected chi connectivity index (χ4v) is 1.72. The Bertz CT molecular complexity index is 617. The molecule has 0 amide bonds. The van der Waals surface area contributed by atoms with Crippen LogP contribution in [0.25, 0.3) is 11.4 Å². The molecule has 0 unspecified atom stereocenters. The van der Waals surface area contributed by atoms with Crippen molar-refractivity contribution < 1.29 is 4.74 Å². The first kappa shape index (κ1) is 12.4. The Hall–Kier alpha value is -2.10. The van der Waals surface area contributed by atoms with Gasteiger partial charge >= 0.3 is 0 Å². The smallest absolute Gasteiger partial charge is 0.254 e. The van der Waals surface area contributed by atoms with Gasteiger partial charge in [0, 0.05) is 11.3 Å². The predicted molar refractivity (Wildman–Crippen MR) is 70.9 cm³/mol. The summed E-state index contributed by atoms with van der Waals surface area (Å²) in [5, 5.41) is 0. The van der Waals surface area contributed by atoms with E-state index in [0.717, 1.165) is 17.0 Å². The van der Waals surface area contributed by atoms with Gasteiger partial charge < -0.3 is 9.72 Å². The molecule has 0 atom stereocenters. The molecule has 4 nitrogen and oxygen atoms in total. The molecular weight excluding hydrogens is 228 g/mol. The Labute approximate surface area is 106 Å². The third-order valence-corrected chi connectivity index (χ3v) is 2.84. The molecule has 4 heteroatoms. The van der Waals surface area contributed by atoms with Crippen LogP contribution < -0.4 is 10.3 Å². The van der Waals surface area contributed by atoms with E-state index in [-0.39, 0.29) is 5.56 Å². The largest absolute Gasteiger partial charge is 0.493 e. The van der Waals surface area contributed by atoms with Crippen molar-refractivity contribution in [2.24, 2.45) is 0 Å². The highest BCUT2D eigenvalue weighted by atomic mass is 16.5. The lowest BCUT2D eigenvalue weighted by atomic mass is 10.1. The molecule has 0 saturated carbocycles. The van der Waals surface area contributed by atoms with Gasteiger partial charge in [0.2, 0.25) is 0 Å². The second-order valence-corrected chi connectivity index (χ2v) is 4.05. The average Bonchev–Trinajstić information content (AvgIpc) is 2.36. The number of hydrogen-bond donors (Lipinski definition) is 1. The minimum Gasteiger partial charge on any atom is -0.493 e. The van der Waals surface area contributed by atoms with E-state index >= 15 is 0 Å². The molecule has 0 aliphatic carbocycles. The van der Waals surface area contributed by atoms with E-state index < -0.39 is 0 Å².